The van der Waals surface area contributed by atoms with Crippen molar-refractivity contribution < 1.29 is 13.9 Å². The van der Waals surface area contributed by atoms with Crippen LogP contribution < -0.4 is 4.90 Å². The van der Waals surface area contributed by atoms with Gasteiger partial charge in [0.1, 0.15) is 12.4 Å². The van der Waals surface area contributed by atoms with E-state index in [0.29, 0.717) is 40.4 Å². The van der Waals surface area contributed by atoms with Gasteiger partial charge in [-0.2, -0.15) is 0 Å². The molecule has 0 saturated carbocycles. The first-order chi connectivity index (χ1) is 19.8. The van der Waals surface area contributed by atoms with Gasteiger partial charge in [-0.25, -0.2) is 14.2 Å². The maximum Gasteiger partial charge on any atom is 0.410 e. The maximum absolute atomic E-state index is 14.4. The molecule has 2 aromatic carbocycles. The van der Waals surface area contributed by atoms with Gasteiger partial charge in [0.2, 0.25) is 0 Å². The van der Waals surface area contributed by atoms with Crippen LogP contribution >= 0.6 is 11.6 Å². The molecule has 4 aromatic rings. The van der Waals surface area contributed by atoms with Crippen LogP contribution in [0, 0.1) is 16.6 Å². The van der Waals surface area contributed by atoms with Gasteiger partial charge in [0.25, 0.3) is 0 Å². The van der Waals surface area contributed by atoms with Crippen molar-refractivity contribution in [3.05, 3.63) is 107 Å². The molecule has 7 nitrogen and oxygen atoms in total. The number of hydrogen-bond donors (Lipinski definition) is 1. The number of hydrogen-bond acceptors (Lipinski definition) is 6. The molecule has 2 aliphatic heterocycles. The molecule has 1 unspecified atom stereocenters. The zero-order valence-electron chi connectivity index (χ0n) is 22.4. The average Bonchev–Trinajstić information content (AvgIpc) is 3.62. The van der Waals surface area contributed by atoms with E-state index >= 15 is 0 Å². The van der Waals surface area contributed by atoms with Crippen molar-refractivity contribution >= 4 is 45.7 Å². The molecular weight excluding hydrogens is 541 g/mol. The van der Waals surface area contributed by atoms with Crippen molar-refractivity contribution in [1.29, 1.82) is 5.41 Å². The summed E-state index contributed by atoms with van der Waals surface area (Å²) < 4.78 is 19.9. The van der Waals surface area contributed by atoms with Crippen LogP contribution in [0.1, 0.15) is 29.7 Å². The summed E-state index contributed by atoms with van der Waals surface area (Å²) >= 11 is 6.03. The minimum absolute atomic E-state index is 0.0143. The summed E-state index contributed by atoms with van der Waals surface area (Å²) in [6.07, 6.45) is 3.48. The molecule has 9 heteroatoms. The molecule has 6 rings (SSSR count). The standard InChI is InChI=1S/C32H29ClFN5O2/c1-21(30(35)25-15-23(33)7-8-26(25)34)27-9-10-28-29(37-27)16-24(17-36-28)38-13-11-32(19-38)12-14-39(20-32)31(40)41-18-22-5-3-2-4-6-22/h2-10,15-17,35H,1,11-14,18-20H2. The van der Waals surface area contributed by atoms with E-state index in [1.165, 1.54) is 18.2 Å². The molecule has 0 radical (unpaired) electrons. The molecule has 4 heterocycles. The van der Waals surface area contributed by atoms with Crippen LogP contribution in [0.4, 0.5) is 14.9 Å². The van der Waals surface area contributed by atoms with Crippen LogP contribution in [0.2, 0.25) is 5.02 Å². The number of carbonyl (C=O) groups excluding carboxylic acids is 1. The number of aromatic nitrogens is 2. The fourth-order valence-electron chi connectivity index (χ4n) is 5.71. The Balaban J connectivity index is 1.14. The first kappa shape index (κ1) is 26.9. The Labute approximate surface area is 242 Å². The maximum atomic E-state index is 14.4. The highest BCUT2D eigenvalue weighted by molar-refractivity contribution is 6.33. The van der Waals surface area contributed by atoms with Crippen molar-refractivity contribution in [3.63, 3.8) is 0 Å². The highest BCUT2D eigenvalue weighted by atomic mass is 35.5. The summed E-state index contributed by atoms with van der Waals surface area (Å²) in [6.45, 7) is 7.30. The van der Waals surface area contributed by atoms with Crippen LogP contribution in [0.25, 0.3) is 16.6 Å². The summed E-state index contributed by atoms with van der Waals surface area (Å²) in [4.78, 5) is 26.2. The number of nitrogens with zero attached hydrogens (tertiary/aromatic N) is 4. The Morgan fingerprint density at radius 2 is 1.85 bits per heavy atom. The Morgan fingerprint density at radius 3 is 2.68 bits per heavy atom. The van der Waals surface area contributed by atoms with Gasteiger partial charge in [0, 0.05) is 47.8 Å². The predicted octanol–water partition coefficient (Wildman–Crippen LogP) is 6.74. The average molecular weight is 570 g/mol. The van der Waals surface area contributed by atoms with E-state index in [1.54, 1.807) is 6.07 Å². The lowest BCUT2D eigenvalue weighted by molar-refractivity contribution is 0.100. The smallest absolute Gasteiger partial charge is 0.410 e. The van der Waals surface area contributed by atoms with E-state index in [9.17, 15) is 9.18 Å². The van der Waals surface area contributed by atoms with E-state index in [0.717, 1.165) is 37.2 Å². The fourth-order valence-corrected chi connectivity index (χ4v) is 5.88. The molecule has 1 atom stereocenters. The van der Waals surface area contributed by atoms with Gasteiger partial charge < -0.3 is 14.5 Å². The molecule has 0 bridgehead atoms. The Morgan fingerprint density at radius 1 is 1.05 bits per heavy atom. The lowest BCUT2D eigenvalue weighted by Crippen LogP contribution is -2.34. The number of pyridine rings is 2. The quantitative estimate of drug-likeness (QED) is 0.260. The lowest BCUT2D eigenvalue weighted by Gasteiger charge is -2.25. The predicted molar refractivity (Wildman–Crippen MR) is 159 cm³/mol. The third kappa shape index (κ3) is 5.52. The molecule has 2 aliphatic rings. The van der Waals surface area contributed by atoms with Crippen molar-refractivity contribution in [2.45, 2.75) is 19.4 Å². The van der Waals surface area contributed by atoms with Crippen molar-refractivity contribution in [3.8, 4) is 0 Å². The summed E-state index contributed by atoms with van der Waals surface area (Å²) in [6, 6.07) is 19.4. The van der Waals surface area contributed by atoms with Crippen molar-refractivity contribution in [2.24, 2.45) is 5.41 Å². The van der Waals surface area contributed by atoms with E-state index in [2.05, 4.69) is 16.5 Å². The van der Waals surface area contributed by atoms with Gasteiger partial charge in [-0.05, 0) is 54.8 Å². The number of carbonyl (C=O) groups is 1. The zero-order valence-corrected chi connectivity index (χ0v) is 23.2. The van der Waals surface area contributed by atoms with Gasteiger partial charge in [-0.15, -0.1) is 0 Å². The van der Waals surface area contributed by atoms with Crippen LogP contribution in [0.3, 0.4) is 0 Å². The molecule has 2 aromatic heterocycles. The molecule has 1 N–H and O–H groups in total. The van der Waals surface area contributed by atoms with Crippen molar-refractivity contribution in [2.75, 3.05) is 31.1 Å². The van der Waals surface area contributed by atoms with E-state index < -0.39 is 5.82 Å². The molecule has 1 spiro atoms. The number of fused-ring (bicyclic) bond motifs is 1. The molecular formula is C32H29ClFN5O2. The Hall–Kier alpha value is -4.30. The third-order valence-corrected chi connectivity index (χ3v) is 8.27. The van der Waals surface area contributed by atoms with Crippen LogP contribution in [0.5, 0.6) is 0 Å². The van der Waals surface area contributed by atoms with Crippen LogP contribution in [-0.4, -0.2) is 52.9 Å². The third-order valence-electron chi connectivity index (χ3n) is 8.04. The number of benzene rings is 2. The van der Waals surface area contributed by atoms with Crippen molar-refractivity contribution in [1.82, 2.24) is 14.9 Å². The highest BCUT2D eigenvalue weighted by Crippen LogP contribution is 2.41. The van der Waals surface area contributed by atoms with Crippen LogP contribution in [-0.2, 0) is 11.3 Å². The zero-order chi connectivity index (χ0) is 28.6. The fraction of sp³-hybridized carbons (Fsp3) is 0.250. The molecule has 0 aliphatic carbocycles. The molecule has 208 valence electrons. The van der Waals surface area contributed by atoms with E-state index in [1.807, 2.05) is 53.6 Å². The first-order valence-electron chi connectivity index (χ1n) is 13.5. The van der Waals surface area contributed by atoms with Gasteiger partial charge in [-0.3, -0.25) is 10.4 Å². The second kappa shape index (κ2) is 10.9. The summed E-state index contributed by atoms with van der Waals surface area (Å²) in [5.41, 5.74) is 4.09. The summed E-state index contributed by atoms with van der Waals surface area (Å²) in [5.74, 6) is -0.539. The second-order valence-corrected chi connectivity index (χ2v) is 11.2. The number of nitrogens with one attached hydrogen (secondary N) is 1. The molecule has 1 amide bonds. The number of amides is 1. The number of likely N-dealkylation sites (tertiary alicyclic amines) is 1. The Kier molecular flexibility index (Phi) is 7.17. The van der Waals surface area contributed by atoms with E-state index in [-0.39, 0.29) is 29.4 Å². The number of anilines is 1. The first-order valence-corrected chi connectivity index (χ1v) is 13.9. The normalized spacial score (nSPS) is 18.3. The van der Waals surface area contributed by atoms with Gasteiger partial charge in [-0.1, -0.05) is 48.5 Å². The largest absolute Gasteiger partial charge is 0.445 e. The highest BCUT2D eigenvalue weighted by Gasteiger charge is 2.45. The monoisotopic (exact) mass is 569 g/mol. The number of ether oxygens (including phenoxy) is 1. The Bertz CT molecular complexity index is 1660. The van der Waals surface area contributed by atoms with Gasteiger partial charge >= 0.3 is 6.09 Å². The molecule has 2 saturated heterocycles. The SMILES string of the molecule is C=C(C(=N)c1cc(Cl)ccc1F)c1ccc2ncc(N3CCC4(CCN(C(=O)OCc5ccccc5)C4)C3)cc2n1. The number of allylic oxidation sites excluding steroid dienone is 1. The summed E-state index contributed by atoms with van der Waals surface area (Å²) in [7, 11) is 0. The number of halogens is 2. The van der Waals surface area contributed by atoms with Crippen LogP contribution in [0.15, 0.2) is 79.5 Å². The minimum atomic E-state index is -0.539. The topological polar surface area (TPSA) is 82.4 Å². The minimum Gasteiger partial charge on any atom is -0.445 e. The van der Waals surface area contributed by atoms with Gasteiger partial charge in [0.15, 0.2) is 0 Å². The second-order valence-electron chi connectivity index (χ2n) is 10.8. The summed E-state index contributed by atoms with van der Waals surface area (Å²) in [5, 5.41) is 8.85. The van der Waals surface area contributed by atoms with E-state index in [4.69, 9.17) is 26.7 Å². The van der Waals surface area contributed by atoms with Gasteiger partial charge in [0.05, 0.1) is 34.3 Å². The molecule has 2 fully saturated rings. The lowest BCUT2D eigenvalue weighted by atomic mass is 9.86. The molecule has 41 heavy (non-hydrogen) atoms. The number of rotatable bonds is 6.